The van der Waals surface area contributed by atoms with Gasteiger partial charge in [0.1, 0.15) is 5.82 Å². The van der Waals surface area contributed by atoms with Crippen molar-refractivity contribution in [2.24, 2.45) is 5.92 Å². The number of nitrogens with one attached hydrogen (secondary N) is 2. The van der Waals surface area contributed by atoms with Crippen LogP contribution in [0.3, 0.4) is 0 Å². The van der Waals surface area contributed by atoms with Crippen LogP contribution in [0.1, 0.15) is 31.2 Å². The number of anilines is 1. The molecule has 1 saturated heterocycles. The van der Waals surface area contributed by atoms with Crippen LogP contribution >= 0.6 is 11.5 Å². The van der Waals surface area contributed by atoms with Crippen molar-refractivity contribution in [1.82, 2.24) is 20.0 Å². The summed E-state index contributed by atoms with van der Waals surface area (Å²) >= 11 is 1.49. The zero-order valence-corrected chi connectivity index (χ0v) is 15.4. The molecule has 1 aromatic carbocycles. The summed E-state index contributed by atoms with van der Waals surface area (Å²) in [6.07, 6.45) is 2.92. The Morgan fingerprint density at radius 2 is 2.00 bits per heavy atom. The van der Waals surface area contributed by atoms with Crippen molar-refractivity contribution in [2.45, 2.75) is 26.2 Å². The van der Waals surface area contributed by atoms with E-state index in [0.717, 1.165) is 49.9 Å². The van der Waals surface area contributed by atoms with E-state index in [1.165, 1.54) is 17.1 Å². The van der Waals surface area contributed by atoms with Gasteiger partial charge in [0.25, 0.3) is 0 Å². The van der Waals surface area contributed by atoms with Crippen LogP contribution < -0.4 is 15.5 Å². The normalized spacial score (nSPS) is 15.2. The number of urea groups is 1. The number of hydrogen-bond donors (Lipinski definition) is 2. The summed E-state index contributed by atoms with van der Waals surface area (Å²) in [5.74, 6) is 1.43. The molecule has 2 N–H and O–H groups in total. The van der Waals surface area contributed by atoms with Gasteiger partial charge in [-0.25, -0.2) is 9.78 Å². The molecule has 0 spiro atoms. The van der Waals surface area contributed by atoms with Crippen molar-refractivity contribution in [2.75, 3.05) is 31.1 Å². The molecule has 2 amide bonds. The van der Waals surface area contributed by atoms with Gasteiger partial charge in [0.2, 0.25) is 5.13 Å². The van der Waals surface area contributed by atoms with Crippen LogP contribution in [0.4, 0.5) is 9.93 Å². The zero-order chi connectivity index (χ0) is 17.5. The maximum absolute atomic E-state index is 11.5. The quantitative estimate of drug-likeness (QED) is 0.832. The van der Waals surface area contributed by atoms with E-state index in [1.807, 2.05) is 25.1 Å². The van der Waals surface area contributed by atoms with Gasteiger partial charge in [-0.15, -0.1) is 0 Å². The second-order valence-electron chi connectivity index (χ2n) is 6.33. The van der Waals surface area contributed by atoms with Crippen LogP contribution in [0.2, 0.25) is 0 Å². The molecule has 7 heteroatoms. The van der Waals surface area contributed by atoms with Gasteiger partial charge in [0.15, 0.2) is 0 Å². The first kappa shape index (κ1) is 17.7. The summed E-state index contributed by atoms with van der Waals surface area (Å²) < 4.78 is 4.51. The lowest BCUT2D eigenvalue weighted by Crippen LogP contribution is -2.41. The highest BCUT2D eigenvalue weighted by atomic mass is 32.1. The maximum atomic E-state index is 11.5. The molecule has 2 aromatic rings. The smallest absolute Gasteiger partial charge is 0.314 e. The van der Waals surface area contributed by atoms with Gasteiger partial charge < -0.3 is 15.5 Å². The molecule has 25 heavy (non-hydrogen) atoms. The van der Waals surface area contributed by atoms with Crippen molar-refractivity contribution in [3.05, 3.63) is 41.7 Å². The van der Waals surface area contributed by atoms with E-state index >= 15 is 0 Å². The number of carbonyl (C=O) groups excluding carboxylic acids is 1. The lowest BCUT2D eigenvalue weighted by Gasteiger charge is -2.31. The minimum absolute atomic E-state index is 0.0698. The Balaban J connectivity index is 1.46. The van der Waals surface area contributed by atoms with Crippen molar-refractivity contribution in [3.63, 3.8) is 0 Å². The Morgan fingerprint density at radius 3 is 2.72 bits per heavy atom. The van der Waals surface area contributed by atoms with E-state index in [1.54, 1.807) is 0 Å². The van der Waals surface area contributed by atoms with Crippen LogP contribution in [-0.4, -0.2) is 41.6 Å². The number of benzene rings is 1. The standard InChI is InChI=1S/C18H25N5OS/c1-2-19-17(24)20-13-15-8-10-23(11-9-15)18-21-16(22-25-18)12-14-6-4-3-5-7-14/h3-7,15H,2,8-13H2,1H3,(H2,19,20,24). The lowest BCUT2D eigenvalue weighted by atomic mass is 9.97. The van der Waals surface area contributed by atoms with Crippen LogP contribution in [0.25, 0.3) is 0 Å². The van der Waals surface area contributed by atoms with E-state index in [2.05, 4.69) is 32.0 Å². The second kappa shape index (κ2) is 8.80. The van der Waals surface area contributed by atoms with Gasteiger partial charge in [0, 0.05) is 44.1 Å². The largest absolute Gasteiger partial charge is 0.347 e. The van der Waals surface area contributed by atoms with Gasteiger partial charge in [-0.2, -0.15) is 4.37 Å². The average Bonchev–Trinajstić information content (AvgIpc) is 3.10. The average molecular weight is 359 g/mol. The molecular formula is C18H25N5OS. The van der Waals surface area contributed by atoms with Crippen LogP contribution in [0.15, 0.2) is 30.3 Å². The minimum atomic E-state index is -0.0698. The molecular weight excluding hydrogens is 334 g/mol. The highest BCUT2D eigenvalue weighted by Gasteiger charge is 2.22. The predicted octanol–water partition coefficient (Wildman–Crippen LogP) is 2.66. The predicted molar refractivity (Wildman–Crippen MR) is 101 cm³/mol. The number of nitrogens with zero attached hydrogens (tertiary/aromatic N) is 3. The van der Waals surface area contributed by atoms with E-state index in [-0.39, 0.29) is 6.03 Å². The summed E-state index contributed by atoms with van der Waals surface area (Å²) in [7, 11) is 0. The molecule has 0 bridgehead atoms. The van der Waals surface area contributed by atoms with Crippen LogP contribution in [0, 0.1) is 5.92 Å². The Bertz CT molecular complexity index is 667. The van der Waals surface area contributed by atoms with Gasteiger partial charge >= 0.3 is 6.03 Å². The molecule has 0 aliphatic carbocycles. The third-order valence-corrected chi connectivity index (χ3v) is 5.25. The van der Waals surface area contributed by atoms with Crippen molar-refractivity contribution >= 4 is 22.7 Å². The van der Waals surface area contributed by atoms with Gasteiger partial charge in [0.05, 0.1) is 0 Å². The number of amides is 2. The van der Waals surface area contributed by atoms with E-state index in [4.69, 9.17) is 4.98 Å². The molecule has 1 fully saturated rings. The van der Waals surface area contributed by atoms with E-state index in [9.17, 15) is 4.79 Å². The van der Waals surface area contributed by atoms with Crippen molar-refractivity contribution in [3.8, 4) is 0 Å². The molecule has 0 atom stereocenters. The third-order valence-electron chi connectivity index (χ3n) is 4.44. The first-order valence-corrected chi connectivity index (χ1v) is 9.65. The van der Waals surface area contributed by atoms with Crippen molar-refractivity contribution in [1.29, 1.82) is 0 Å². The van der Waals surface area contributed by atoms with E-state index < -0.39 is 0 Å². The SMILES string of the molecule is CCNC(=O)NCC1CCN(c2nc(Cc3ccccc3)ns2)CC1. The number of piperidine rings is 1. The molecule has 134 valence electrons. The zero-order valence-electron chi connectivity index (χ0n) is 14.6. The van der Waals surface area contributed by atoms with Gasteiger partial charge in [-0.3, -0.25) is 0 Å². The number of rotatable bonds is 6. The molecule has 0 radical (unpaired) electrons. The number of hydrogen-bond acceptors (Lipinski definition) is 5. The number of carbonyl (C=O) groups is 1. The molecule has 1 aliphatic rings. The minimum Gasteiger partial charge on any atom is -0.347 e. The van der Waals surface area contributed by atoms with Crippen molar-refractivity contribution < 1.29 is 4.79 Å². The highest BCUT2D eigenvalue weighted by molar-refractivity contribution is 7.09. The first-order chi connectivity index (χ1) is 12.2. The third kappa shape index (κ3) is 5.16. The Kier molecular flexibility index (Phi) is 6.22. The Labute approximate surface area is 152 Å². The molecule has 1 aromatic heterocycles. The summed E-state index contributed by atoms with van der Waals surface area (Å²) in [5, 5.41) is 6.73. The maximum Gasteiger partial charge on any atom is 0.314 e. The monoisotopic (exact) mass is 359 g/mol. The number of aromatic nitrogens is 2. The molecule has 0 unspecified atom stereocenters. The first-order valence-electron chi connectivity index (χ1n) is 8.87. The lowest BCUT2D eigenvalue weighted by molar-refractivity contribution is 0.238. The Hall–Kier alpha value is -2.15. The topological polar surface area (TPSA) is 70.2 Å². The highest BCUT2D eigenvalue weighted by Crippen LogP contribution is 2.25. The fraction of sp³-hybridized carbons (Fsp3) is 0.500. The summed E-state index contributed by atoms with van der Waals surface area (Å²) in [4.78, 5) is 18.5. The van der Waals surface area contributed by atoms with Crippen LogP contribution in [-0.2, 0) is 6.42 Å². The summed E-state index contributed by atoms with van der Waals surface area (Å²) in [6.45, 7) is 5.28. The molecule has 2 heterocycles. The van der Waals surface area contributed by atoms with Gasteiger partial charge in [-0.1, -0.05) is 30.3 Å². The molecule has 3 rings (SSSR count). The molecule has 0 saturated carbocycles. The fourth-order valence-corrected chi connectivity index (χ4v) is 3.75. The summed E-state index contributed by atoms with van der Waals surface area (Å²) in [5.41, 5.74) is 1.24. The molecule has 1 aliphatic heterocycles. The molecule has 6 nitrogen and oxygen atoms in total. The van der Waals surface area contributed by atoms with Crippen LogP contribution in [0.5, 0.6) is 0 Å². The fourth-order valence-electron chi connectivity index (χ4n) is 3.01. The second-order valence-corrected chi connectivity index (χ2v) is 7.06. The summed E-state index contributed by atoms with van der Waals surface area (Å²) in [6, 6.07) is 10.3. The Morgan fingerprint density at radius 1 is 1.24 bits per heavy atom. The van der Waals surface area contributed by atoms with Gasteiger partial charge in [-0.05, 0) is 31.2 Å². The van der Waals surface area contributed by atoms with E-state index in [0.29, 0.717) is 12.5 Å².